The fraction of sp³-hybridized carbons (Fsp3) is 0.500. The van der Waals surface area contributed by atoms with Crippen molar-refractivity contribution in [2.75, 3.05) is 35.2 Å². The molecule has 4 heterocycles. The van der Waals surface area contributed by atoms with Gasteiger partial charge in [0.15, 0.2) is 12.4 Å². The molecule has 3 atom stereocenters. The van der Waals surface area contributed by atoms with Crippen molar-refractivity contribution in [3.8, 4) is 5.75 Å². The number of aromatic nitrogens is 3. The lowest BCUT2D eigenvalue weighted by molar-refractivity contribution is -0.0579. The third-order valence-electron chi connectivity index (χ3n) is 7.53. The largest absolute Gasteiger partial charge is 0.480 e. The summed E-state index contributed by atoms with van der Waals surface area (Å²) in [5.74, 6) is -2.29. The summed E-state index contributed by atoms with van der Waals surface area (Å²) in [6.45, 7) is 2.36. The molecule has 3 aromatic rings. The number of nitrogens with one attached hydrogen (secondary N) is 2. The van der Waals surface area contributed by atoms with Crippen LogP contribution in [0, 0.1) is 11.8 Å². The van der Waals surface area contributed by atoms with Crippen LogP contribution in [0.25, 0.3) is 10.9 Å². The average molecular weight is 547 g/mol. The molecule has 0 amide bonds. The highest BCUT2D eigenvalue weighted by Gasteiger charge is 2.51. The Hall–Kier alpha value is -3.18. The molecule has 1 aliphatic carbocycles. The number of aryl methyl sites for hydroxylation is 1. The third-order valence-corrected chi connectivity index (χ3v) is 7.80. The summed E-state index contributed by atoms with van der Waals surface area (Å²) in [6, 6.07) is 4.16. The van der Waals surface area contributed by atoms with E-state index in [1.54, 1.807) is 25.2 Å². The van der Waals surface area contributed by atoms with Gasteiger partial charge in [0, 0.05) is 31.2 Å². The lowest BCUT2D eigenvalue weighted by Gasteiger charge is -2.34. The Balaban J connectivity index is 1.38. The molecule has 38 heavy (non-hydrogen) atoms. The minimum atomic E-state index is -3.11. The second kappa shape index (κ2) is 9.23. The summed E-state index contributed by atoms with van der Waals surface area (Å²) >= 11 is 6.42. The van der Waals surface area contributed by atoms with E-state index in [0.29, 0.717) is 65.2 Å². The summed E-state index contributed by atoms with van der Waals surface area (Å²) < 4.78 is 36.7. The molecule has 9 nitrogen and oxygen atoms in total. The molecule has 2 aliphatic heterocycles. The first-order valence-electron chi connectivity index (χ1n) is 12.8. The summed E-state index contributed by atoms with van der Waals surface area (Å²) in [6.07, 6.45) is 3.19. The highest BCUT2D eigenvalue weighted by Crippen LogP contribution is 2.45. The van der Waals surface area contributed by atoms with Crippen molar-refractivity contribution in [2.45, 2.75) is 44.3 Å². The first-order chi connectivity index (χ1) is 18.1. The molecule has 12 heteroatoms. The van der Waals surface area contributed by atoms with Gasteiger partial charge >= 0.3 is 5.92 Å². The van der Waals surface area contributed by atoms with E-state index in [9.17, 15) is 18.7 Å². The van der Waals surface area contributed by atoms with Crippen LogP contribution in [-0.4, -0.2) is 57.4 Å². The predicted molar refractivity (Wildman–Crippen MR) is 142 cm³/mol. The summed E-state index contributed by atoms with van der Waals surface area (Å²) in [7, 11) is 1.59. The van der Waals surface area contributed by atoms with Crippen LogP contribution in [0.1, 0.15) is 26.2 Å². The zero-order valence-electron chi connectivity index (χ0n) is 21.0. The fourth-order valence-electron chi connectivity index (χ4n) is 5.50. The van der Waals surface area contributed by atoms with Crippen LogP contribution in [0.4, 0.5) is 31.9 Å². The van der Waals surface area contributed by atoms with E-state index < -0.39 is 30.2 Å². The maximum Gasteiger partial charge on any atom is 0.301 e. The van der Waals surface area contributed by atoms with E-state index in [0.717, 1.165) is 6.42 Å². The molecule has 3 aliphatic rings. The molecule has 202 valence electrons. The van der Waals surface area contributed by atoms with Crippen LogP contribution < -0.4 is 25.8 Å². The smallest absolute Gasteiger partial charge is 0.301 e. The number of alkyl halides is 2. The lowest BCUT2D eigenvalue weighted by Crippen LogP contribution is -2.44. The molecule has 0 radical (unpaired) electrons. The number of ether oxygens (including phenoxy) is 1. The summed E-state index contributed by atoms with van der Waals surface area (Å²) in [4.78, 5) is 23.9. The van der Waals surface area contributed by atoms with Crippen molar-refractivity contribution in [1.29, 1.82) is 0 Å². The topological polar surface area (TPSA) is 105 Å². The van der Waals surface area contributed by atoms with Crippen molar-refractivity contribution in [1.82, 2.24) is 14.5 Å². The van der Waals surface area contributed by atoms with E-state index >= 15 is 0 Å². The Kier molecular flexibility index (Phi) is 6.10. The van der Waals surface area contributed by atoms with Gasteiger partial charge < -0.3 is 29.9 Å². The molecular weight excluding hydrogens is 518 g/mol. The van der Waals surface area contributed by atoms with Gasteiger partial charge in [-0.2, -0.15) is 4.98 Å². The van der Waals surface area contributed by atoms with Gasteiger partial charge in [0.25, 0.3) is 5.56 Å². The first kappa shape index (κ1) is 25.1. The Labute approximate surface area is 222 Å². The molecule has 0 spiro atoms. The average Bonchev–Trinajstić information content (AvgIpc) is 3.71. The van der Waals surface area contributed by atoms with E-state index in [4.69, 9.17) is 16.3 Å². The second-order valence-corrected chi connectivity index (χ2v) is 11.1. The minimum absolute atomic E-state index is 0.111. The van der Waals surface area contributed by atoms with Gasteiger partial charge in [-0.25, -0.2) is 13.8 Å². The SMILES string of the molecule is C[C@@H]1C[C@H](O)CN(c2ncc(Cl)c(Nc3ccc4c(c3)c3c(c(=O)n4C)OCC(F)(F)[C@H](C4CC4)N3)n2)C1. The number of hydrogen-bond acceptors (Lipinski definition) is 8. The minimum Gasteiger partial charge on any atom is -0.480 e. The van der Waals surface area contributed by atoms with Crippen LogP contribution in [0.15, 0.2) is 29.2 Å². The predicted octanol–water partition coefficient (Wildman–Crippen LogP) is 4.15. The molecule has 1 aromatic carbocycles. The van der Waals surface area contributed by atoms with Crippen molar-refractivity contribution < 1.29 is 18.6 Å². The van der Waals surface area contributed by atoms with Crippen LogP contribution in [0.3, 0.4) is 0 Å². The monoisotopic (exact) mass is 546 g/mol. The number of rotatable bonds is 4. The number of aliphatic hydroxyl groups is 1. The van der Waals surface area contributed by atoms with Gasteiger partial charge in [-0.05, 0) is 49.3 Å². The van der Waals surface area contributed by atoms with Crippen molar-refractivity contribution >= 4 is 45.6 Å². The van der Waals surface area contributed by atoms with Gasteiger partial charge in [-0.1, -0.05) is 18.5 Å². The summed E-state index contributed by atoms with van der Waals surface area (Å²) in [5.41, 5.74) is 0.958. The third kappa shape index (κ3) is 4.51. The Bertz CT molecular complexity index is 1450. The number of pyridine rings is 1. The molecular formula is C26H29ClF2N6O3. The van der Waals surface area contributed by atoms with Gasteiger partial charge in [-0.15, -0.1) is 0 Å². The number of anilines is 4. The molecule has 0 unspecified atom stereocenters. The molecule has 6 rings (SSSR count). The molecule has 0 bridgehead atoms. The number of fused-ring (bicyclic) bond motifs is 3. The van der Waals surface area contributed by atoms with Crippen molar-refractivity contribution in [3.63, 3.8) is 0 Å². The fourth-order valence-corrected chi connectivity index (χ4v) is 5.64. The van der Waals surface area contributed by atoms with Crippen LogP contribution in [0.2, 0.25) is 5.02 Å². The number of aliphatic hydroxyl groups excluding tert-OH is 1. The standard InChI is InChI=1S/C26H29ClF2N6O3/c1-13-7-16(36)11-35(10-13)25-30-9-18(27)23(33-25)31-15-5-6-19-17(8-15)20-21(24(37)34(19)2)38-12-26(28,29)22(32-20)14-3-4-14/h5-6,8-9,13-14,16,22,32,36H,3-4,7,10-12H2,1-2H3,(H,30,31,33)/t13-,16+,22+/m1/s1. The Morgan fingerprint density at radius 1 is 1.29 bits per heavy atom. The zero-order chi connectivity index (χ0) is 26.8. The molecule has 3 N–H and O–H groups in total. The molecule has 1 saturated carbocycles. The Morgan fingerprint density at radius 3 is 2.82 bits per heavy atom. The number of hydrogen-bond donors (Lipinski definition) is 3. The maximum atomic E-state index is 14.9. The number of halogens is 3. The van der Waals surface area contributed by atoms with Gasteiger partial charge in [0.05, 0.1) is 29.5 Å². The number of piperidine rings is 1. The summed E-state index contributed by atoms with van der Waals surface area (Å²) in [5, 5.41) is 17.3. The molecule has 1 saturated heterocycles. The van der Waals surface area contributed by atoms with Crippen molar-refractivity contribution in [3.05, 3.63) is 39.8 Å². The zero-order valence-corrected chi connectivity index (χ0v) is 21.8. The van der Waals surface area contributed by atoms with Gasteiger partial charge in [0.2, 0.25) is 11.7 Å². The highest BCUT2D eigenvalue weighted by atomic mass is 35.5. The van der Waals surface area contributed by atoms with E-state index in [1.807, 2.05) is 4.90 Å². The van der Waals surface area contributed by atoms with Crippen molar-refractivity contribution in [2.24, 2.45) is 18.9 Å². The first-order valence-corrected chi connectivity index (χ1v) is 13.1. The second-order valence-electron chi connectivity index (χ2n) is 10.7. The van der Waals surface area contributed by atoms with Crippen LogP contribution in [0.5, 0.6) is 5.75 Å². The lowest BCUT2D eigenvalue weighted by atomic mass is 9.98. The van der Waals surface area contributed by atoms with E-state index in [2.05, 4.69) is 27.5 Å². The Morgan fingerprint density at radius 2 is 2.08 bits per heavy atom. The maximum absolute atomic E-state index is 14.9. The van der Waals surface area contributed by atoms with Gasteiger partial charge in [0.1, 0.15) is 5.02 Å². The molecule has 2 aromatic heterocycles. The number of benzene rings is 1. The van der Waals surface area contributed by atoms with Crippen LogP contribution in [-0.2, 0) is 7.05 Å². The molecule has 2 fully saturated rings. The van der Waals surface area contributed by atoms with E-state index in [1.165, 1.54) is 10.8 Å². The quantitative estimate of drug-likeness (QED) is 0.448. The highest BCUT2D eigenvalue weighted by molar-refractivity contribution is 6.32. The van der Waals surface area contributed by atoms with Crippen LogP contribution >= 0.6 is 11.6 Å². The van der Waals surface area contributed by atoms with Gasteiger partial charge in [-0.3, -0.25) is 4.79 Å². The normalized spacial score (nSPS) is 24.8. The van der Waals surface area contributed by atoms with E-state index in [-0.39, 0.29) is 17.4 Å². The number of β-amino-alcohol motifs (C(OH)–C–C–N with tert-alkyl or cyclic N) is 1. The number of nitrogens with zero attached hydrogens (tertiary/aromatic N) is 4.